The van der Waals surface area contributed by atoms with Gasteiger partial charge in [0.1, 0.15) is 5.82 Å². The van der Waals surface area contributed by atoms with Gasteiger partial charge in [-0.15, -0.1) is 0 Å². The summed E-state index contributed by atoms with van der Waals surface area (Å²) in [5.41, 5.74) is 3.75. The van der Waals surface area contributed by atoms with E-state index < -0.39 is 17.7 Å². The number of nitrogens with one attached hydrogen (secondary N) is 1. The molecule has 3 heterocycles. The number of aromatic nitrogens is 1. The topological polar surface area (TPSA) is 88.6 Å². The zero-order valence-electron chi connectivity index (χ0n) is 24.2. The number of esters is 1. The fraction of sp³-hybridized carbons (Fsp3) is 0.333. The lowest BCUT2D eigenvalue weighted by molar-refractivity contribution is -0.139. The van der Waals surface area contributed by atoms with Gasteiger partial charge in [-0.2, -0.15) is 0 Å². The molecule has 0 radical (unpaired) electrons. The normalized spacial score (nSPS) is 19.3. The van der Waals surface area contributed by atoms with Crippen LogP contribution in [0.2, 0.25) is 5.02 Å². The summed E-state index contributed by atoms with van der Waals surface area (Å²) in [6, 6.07) is 11.0. The third kappa shape index (κ3) is 6.18. The highest BCUT2D eigenvalue weighted by Crippen LogP contribution is 2.39. The molecule has 0 saturated carbocycles. The van der Waals surface area contributed by atoms with Crippen LogP contribution >= 0.6 is 11.6 Å². The molecule has 224 valence electrons. The Morgan fingerprint density at radius 2 is 1.93 bits per heavy atom. The van der Waals surface area contributed by atoms with Crippen molar-refractivity contribution in [3.8, 4) is 11.1 Å². The van der Waals surface area contributed by atoms with Crippen molar-refractivity contribution in [1.82, 2.24) is 9.88 Å². The number of ether oxygens (including phenoxy) is 1. The van der Waals surface area contributed by atoms with Crippen LogP contribution in [0, 0.1) is 17.6 Å². The molecule has 1 N–H and O–H groups in total. The molecule has 0 spiro atoms. The molecule has 10 heteroatoms. The van der Waals surface area contributed by atoms with E-state index in [-0.39, 0.29) is 59.2 Å². The number of anilines is 1. The maximum Gasteiger partial charge on any atom is 0.309 e. The van der Waals surface area contributed by atoms with Crippen molar-refractivity contribution < 1.29 is 27.9 Å². The van der Waals surface area contributed by atoms with Crippen LogP contribution in [0.15, 0.2) is 54.2 Å². The molecule has 5 rings (SSSR count). The van der Waals surface area contributed by atoms with Gasteiger partial charge in [0.15, 0.2) is 5.82 Å². The van der Waals surface area contributed by atoms with E-state index in [1.807, 2.05) is 31.2 Å². The van der Waals surface area contributed by atoms with Crippen molar-refractivity contribution in [3.63, 3.8) is 0 Å². The van der Waals surface area contributed by atoms with Gasteiger partial charge >= 0.3 is 5.97 Å². The van der Waals surface area contributed by atoms with Gasteiger partial charge in [-0.3, -0.25) is 19.4 Å². The Balaban J connectivity index is 1.55. The molecule has 0 fully saturated rings. The van der Waals surface area contributed by atoms with E-state index in [0.29, 0.717) is 41.8 Å². The zero-order valence-corrected chi connectivity index (χ0v) is 24.9. The standard InChI is InChI=1S/C33H32ClF2N3O4/c1-18-5-4-6-28(39-14-12-22(19(2)33(39)42)30-25(35)10-9-24(34)31(30)36)27-17-21(11-13-37-27)23-8-7-20(16-29(40)43-3)15-26(23)38-32(18)41/h7-11,13,15,17-18,28H,4-6,12,14,16H2,1-3H3,(H,38,41)/t18-,28+/m1/s1. The van der Waals surface area contributed by atoms with Crippen LogP contribution in [0.5, 0.6) is 0 Å². The van der Waals surface area contributed by atoms with Gasteiger partial charge in [-0.25, -0.2) is 8.78 Å². The number of carbonyl (C=O) groups is 3. The van der Waals surface area contributed by atoms with Gasteiger partial charge in [0.25, 0.3) is 0 Å². The summed E-state index contributed by atoms with van der Waals surface area (Å²) in [5.74, 6) is -2.82. The third-order valence-corrected chi connectivity index (χ3v) is 8.56. The number of hydrogen-bond acceptors (Lipinski definition) is 5. The lowest BCUT2D eigenvalue weighted by atomic mass is 9.89. The molecule has 2 atom stereocenters. The summed E-state index contributed by atoms with van der Waals surface area (Å²) < 4.78 is 34.4. The first kappa shape index (κ1) is 30.4. The number of pyridine rings is 1. The van der Waals surface area contributed by atoms with E-state index in [9.17, 15) is 23.2 Å². The molecule has 1 aromatic heterocycles. The maximum atomic E-state index is 14.9. The van der Waals surface area contributed by atoms with Crippen molar-refractivity contribution in [2.75, 3.05) is 19.0 Å². The highest BCUT2D eigenvalue weighted by molar-refractivity contribution is 6.31. The Morgan fingerprint density at radius 3 is 2.70 bits per heavy atom. The number of amides is 2. The molecule has 0 unspecified atom stereocenters. The molecular weight excluding hydrogens is 576 g/mol. The Bertz CT molecular complexity index is 1640. The van der Waals surface area contributed by atoms with Gasteiger partial charge < -0.3 is 15.0 Å². The molecule has 2 amide bonds. The molecule has 0 saturated heterocycles. The van der Waals surface area contributed by atoms with Gasteiger partial charge in [-0.05, 0) is 73.2 Å². The third-order valence-electron chi connectivity index (χ3n) is 8.27. The van der Waals surface area contributed by atoms with Crippen LogP contribution in [-0.2, 0) is 25.5 Å². The van der Waals surface area contributed by atoms with Gasteiger partial charge in [0.05, 0.1) is 35.9 Å². The summed E-state index contributed by atoms with van der Waals surface area (Å²) in [6.45, 7) is 3.67. The van der Waals surface area contributed by atoms with Crippen molar-refractivity contribution in [1.29, 1.82) is 0 Å². The molecule has 7 nitrogen and oxygen atoms in total. The molecule has 2 aliphatic heterocycles. The first-order chi connectivity index (χ1) is 20.6. The molecule has 2 aromatic carbocycles. The smallest absolute Gasteiger partial charge is 0.309 e. The zero-order chi connectivity index (χ0) is 30.8. The van der Waals surface area contributed by atoms with Crippen LogP contribution in [0.3, 0.4) is 0 Å². The fourth-order valence-corrected chi connectivity index (χ4v) is 6.00. The number of methoxy groups -OCH3 is 1. The van der Waals surface area contributed by atoms with E-state index >= 15 is 0 Å². The number of fused-ring (bicyclic) bond motifs is 4. The van der Waals surface area contributed by atoms with Crippen molar-refractivity contribution in [2.24, 2.45) is 5.92 Å². The van der Waals surface area contributed by atoms with E-state index in [1.54, 1.807) is 24.1 Å². The van der Waals surface area contributed by atoms with E-state index in [4.69, 9.17) is 16.3 Å². The highest BCUT2D eigenvalue weighted by atomic mass is 35.5. The van der Waals surface area contributed by atoms with Crippen molar-refractivity contribution in [2.45, 2.75) is 52.0 Å². The maximum absolute atomic E-state index is 14.9. The Hall–Kier alpha value is -4.11. The summed E-state index contributed by atoms with van der Waals surface area (Å²) in [6.07, 6.45) is 3.73. The average molecular weight is 608 g/mol. The molecule has 3 aromatic rings. The van der Waals surface area contributed by atoms with Gasteiger partial charge in [0.2, 0.25) is 11.8 Å². The van der Waals surface area contributed by atoms with Crippen LogP contribution in [0.1, 0.15) is 62.4 Å². The Kier molecular flexibility index (Phi) is 8.92. The fourth-order valence-electron chi connectivity index (χ4n) is 5.84. The predicted octanol–water partition coefficient (Wildman–Crippen LogP) is 6.90. The van der Waals surface area contributed by atoms with E-state index in [1.165, 1.54) is 7.11 Å². The average Bonchev–Trinajstić information content (AvgIpc) is 2.99. The van der Waals surface area contributed by atoms with Crippen molar-refractivity contribution >= 4 is 40.6 Å². The first-order valence-corrected chi connectivity index (χ1v) is 14.6. The minimum absolute atomic E-state index is 0.0633. The highest BCUT2D eigenvalue weighted by Gasteiger charge is 2.34. The lowest BCUT2D eigenvalue weighted by Gasteiger charge is -2.36. The number of nitrogens with zero attached hydrogens (tertiary/aromatic N) is 2. The number of halogens is 3. The SMILES string of the molecule is COC(=O)Cc1ccc2c(c1)NC(=O)[C@H](C)CCC[C@H](N1CCC(c3c(F)ccc(Cl)c3F)=C(C)C1=O)c1cc-2ccn1. The monoisotopic (exact) mass is 607 g/mol. The second kappa shape index (κ2) is 12.6. The van der Waals surface area contributed by atoms with Crippen LogP contribution < -0.4 is 5.32 Å². The number of hydrogen-bond donors (Lipinski definition) is 1. The number of benzene rings is 2. The van der Waals surface area contributed by atoms with Crippen LogP contribution in [-0.4, -0.2) is 41.3 Å². The largest absolute Gasteiger partial charge is 0.469 e. The van der Waals surface area contributed by atoms with Crippen molar-refractivity contribution in [3.05, 3.63) is 87.7 Å². The van der Waals surface area contributed by atoms with Gasteiger partial charge in [-0.1, -0.05) is 37.1 Å². The number of carbonyl (C=O) groups excluding carboxylic acids is 3. The van der Waals surface area contributed by atoms with Crippen LogP contribution in [0.25, 0.3) is 16.7 Å². The molecular formula is C33H32ClF2N3O4. The second-order valence-electron chi connectivity index (χ2n) is 11.0. The van der Waals surface area contributed by atoms with E-state index in [2.05, 4.69) is 10.3 Å². The predicted molar refractivity (Wildman–Crippen MR) is 160 cm³/mol. The Morgan fingerprint density at radius 1 is 1.14 bits per heavy atom. The lowest BCUT2D eigenvalue weighted by Crippen LogP contribution is -2.40. The molecule has 2 bridgehead atoms. The minimum atomic E-state index is -0.877. The number of rotatable bonds is 4. The Labute approximate surface area is 253 Å². The molecule has 43 heavy (non-hydrogen) atoms. The second-order valence-corrected chi connectivity index (χ2v) is 11.4. The molecule has 2 aliphatic rings. The quantitative estimate of drug-likeness (QED) is 0.257. The molecule has 0 aliphatic carbocycles. The summed E-state index contributed by atoms with van der Waals surface area (Å²) in [4.78, 5) is 45.3. The van der Waals surface area contributed by atoms with Gasteiger partial charge in [0, 0.05) is 35.5 Å². The van der Waals surface area contributed by atoms with Crippen LogP contribution in [0.4, 0.5) is 14.5 Å². The summed E-state index contributed by atoms with van der Waals surface area (Å²) in [5, 5.41) is 2.83. The van der Waals surface area contributed by atoms with E-state index in [0.717, 1.165) is 23.3 Å². The first-order valence-electron chi connectivity index (χ1n) is 14.2. The summed E-state index contributed by atoms with van der Waals surface area (Å²) >= 11 is 5.94. The summed E-state index contributed by atoms with van der Waals surface area (Å²) in [7, 11) is 1.33. The minimum Gasteiger partial charge on any atom is -0.469 e.